The van der Waals surface area contributed by atoms with Crippen molar-refractivity contribution in [2.75, 3.05) is 18.0 Å². The Morgan fingerprint density at radius 3 is 2.43 bits per heavy atom. The standard InChI is InChI=1S/C21H20F6N6O2/c1-12-28-18(31-8-6-15(16(34)10-31)13-2-4-14(22)5-3-13)29-19(35)33(12)11-32-9-7-17(30-32)20(23,24)21(25,26)27/h2-7,9,16-17,30,34H,8,10-11H2,1H3/t16-,17?/m0/s1. The first-order chi connectivity index (χ1) is 16.4. The van der Waals surface area contributed by atoms with Gasteiger partial charge in [-0.05, 0) is 36.3 Å². The quantitative estimate of drug-likeness (QED) is 0.607. The predicted molar refractivity (Wildman–Crippen MR) is 113 cm³/mol. The van der Waals surface area contributed by atoms with E-state index in [0.717, 1.165) is 15.8 Å². The highest BCUT2D eigenvalue weighted by Gasteiger charge is 2.62. The van der Waals surface area contributed by atoms with E-state index in [1.165, 1.54) is 31.2 Å². The van der Waals surface area contributed by atoms with Gasteiger partial charge in [0.1, 0.15) is 24.4 Å². The smallest absolute Gasteiger partial charge is 0.387 e. The lowest BCUT2D eigenvalue weighted by atomic mass is 9.97. The van der Waals surface area contributed by atoms with Crippen molar-refractivity contribution in [3.63, 3.8) is 0 Å². The molecule has 8 nitrogen and oxygen atoms in total. The van der Waals surface area contributed by atoms with Gasteiger partial charge >= 0.3 is 17.8 Å². The predicted octanol–water partition coefficient (Wildman–Crippen LogP) is 2.21. The summed E-state index contributed by atoms with van der Waals surface area (Å²) in [6.07, 6.45) is -3.37. The van der Waals surface area contributed by atoms with Gasteiger partial charge in [0.25, 0.3) is 0 Å². The molecule has 14 heteroatoms. The van der Waals surface area contributed by atoms with Crippen LogP contribution < -0.4 is 16.0 Å². The van der Waals surface area contributed by atoms with Crippen molar-refractivity contribution in [3.8, 4) is 0 Å². The molecule has 0 spiro atoms. The number of hydrogen-bond acceptors (Lipinski definition) is 7. The molecule has 188 valence electrons. The Morgan fingerprint density at radius 2 is 1.83 bits per heavy atom. The highest BCUT2D eigenvalue weighted by Crippen LogP contribution is 2.39. The van der Waals surface area contributed by atoms with Crippen molar-refractivity contribution in [2.24, 2.45) is 0 Å². The summed E-state index contributed by atoms with van der Waals surface area (Å²) in [5, 5.41) is 11.5. The van der Waals surface area contributed by atoms with Gasteiger partial charge in [0, 0.05) is 12.7 Å². The minimum atomic E-state index is -5.74. The van der Waals surface area contributed by atoms with E-state index in [2.05, 4.69) is 9.97 Å². The van der Waals surface area contributed by atoms with Gasteiger partial charge in [0.2, 0.25) is 5.95 Å². The molecule has 4 rings (SSSR count). The third-order valence-electron chi connectivity index (χ3n) is 5.65. The molecule has 0 saturated heterocycles. The SMILES string of the molecule is Cc1nc(N2CC=C(c3ccc(F)cc3)[C@@H](O)C2)nc(=O)n1CN1C=CC(C(F)(F)C(F)(F)F)N1. The number of aliphatic hydroxyl groups is 1. The Labute approximate surface area is 194 Å². The zero-order valence-electron chi connectivity index (χ0n) is 18.2. The van der Waals surface area contributed by atoms with Crippen LogP contribution in [0.2, 0.25) is 0 Å². The number of rotatable bonds is 5. The number of hydrogen-bond donors (Lipinski definition) is 2. The highest BCUT2D eigenvalue weighted by molar-refractivity contribution is 5.71. The number of halogens is 6. The van der Waals surface area contributed by atoms with Gasteiger partial charge in [-0.2, -0.15) is 31.9 Å². The number of anilines is 1. The Morgan fingerprint density at radius 1 is 1.14 bits per heavy atom. The maximum Gasteiger partial charge on any atom is 0.455 e. The molecule has 1 aromatic heterocycles. The number of benzene rings is 1. The fraction of sp³-hybridized carbons (Fsp3) is 0.381. The molecule has 2 aliphatic heterocycles. The van der Waals surface area contributed by atoms with Crippen molar-refractivity contribution in [3.05, 3.63) is 70.3 Å². The van der Waals surface area contributed by atoms with Crippen molar-refractivity contribution in [1.29, 1.82) is 0 Å². The van der Waals surface area contributed by atoms with Crippen LogP contribution in [0.3, 0.4) is 0 Å². The molecule has 35 heavy (non-hydrogen) atoms. The topological polar surface area (TPSA) is 86.5 Å². The van der Waals surface area contributed by atoms with Gasteiger partial charge in [0.15, 0.2) is 0 Å². The molecule has 0 radical (unpaired) electrons. The maximum absolute atomic E-state index is 13.5. The molecule has 0 saturated carbocycles. The van der Waals surface area contributed by atoms with Gasteiger partial charge in [0.05, 0.1) is 12.6 Å². The summed E-state index contributed by atoms with van der Waals surface area (Å²) in [6.45, 7) is 1.34. The fourth-order valence-corrected chi connectivity index (χ4v) is 3.73. The van der Waals surface area contributed by atoms with Crippen LogP contribution in [0.25, 0.3) is 5.57 Å². The number of β-amino-alcohol motifs (C(OH)–C–C–N with tert-alkyl or cyclic N) is 1. The average molecular weight is 502 g/mol. The number of aliphatic hydroxyl groups excluding tert-OH is 1. The summed E-state index contributed by atoms with van der Waals surface area (Å²) >= 11 is 0. The number of nitrogens with one attached hydrogen (secondary N) is 1. The van der Waals surface area contributed by atoms with Crippen LogP contribution in [0, 0.1) is 12.7 Å². The van der Waals surface area contributed by atoms with Gasteiger partial charge in [-0.15, -0.1) is 0 Å². The highest BCUT2D eigenvalue weighted by atomic mass is 19.4. The van der Waals surface area contributed by atoms with Crippen LogP contribution >= 0.6 is 0 Å². The third kappa shape index (κ3) is 4.89. The Bertz CT molecular complexity index is 1210. The number of aryl methyl sites for hydroxylation is 1. The zero-order valence-corrected chi connectivity index (χ0v) is 18.2. The van der Waals surface area contributed by atoms with E-state index < -0.39 is 42.4 Å². The first-order valence-electron chi connectivity index (χ1n) is 10.4. The van der Waals surface area contributed by atoms with E-state index in [1.54, 1.807) is 11.0 Å². The second-order valence-electron chi connectivity index (χ2n) is 8.05. The van der Waals surface area contributed by atoms with Gasteiger partial charge in [-0.1, -0.05) is 18.2 Å². The zero-order chi connectivity index (χ0) is 25.5. The lowest BCUT2D eigenvalue weighted by Gasteiger charge is -2.31. The molecule has 2 aromatic rings. The van der Waals surface area contributed by atoms with E-state index in [-0.39, 0.29) is 24.9 Å². The van der Waals surface area contributed by atoms with Gasteiger partial charge in [-0.25, -0.2) is 14.6 Å². The van der Waals surface area contributed by atoms with Crippen molar-refractivity contribution >= 4 is 11.5 Å². The maximum atomic E-state index is 13.5. The largest absolute Gasteiger partial charge is 0.455 e. The molecule has 0 aliphatic carbocycles. The first kappa shape index (κ1) is 24.7. The van der Waals surface area contributed by atoms with Crippen LogP contribution in [0.5, 0.6) is 0 Å². The Hall–Kier alpha value is -3.39. The molecule has 0 bridgehead atoms. The Kier molecular flexibility index (Phi) is 6.36. The number of nitrogens with zero attached hydrogens (tertiary/aromatic N) is 5. The number of alkyl halides is 5. The number of aromatic nitrogens is 3. The van der Waals surface area contributed by atoms with Crippen LogP contribution in [-0.2, 0) is 6.67 Å². The van der Waals surface area contributed by atoms with Gasteiger partial charge < -0.3 is 10.0 Å². The van der Waals surface area contributed by atoms with E-state index in [1.807, 2.05) is 5.43 Å². The summed E-state index contributed by atoms with van der Waals surface area (Å²) in [5.74, 6) is -5.27. The van der Waals surface area contributed by atoms with Crippen LogP contribution in [0.15, 0.2) is 47.4 Å². The molecular weight excluding hydrogens is 482 g/mol. The van der Waals surface area contributed by atoms with Crippen LogP contribution in [0.1, 0.15) is 11.4 Å². The molecule has 2 atom stereocenters. The molecule has 1 aromatic carbocycles. The molecule has 0 amide bonds. The van der Waals surface area contributed by atoms with Crippen molar-refractivity contribution in [2.45, 2.75) is 37.8 Å². The summed E-state index contributed by atoms with van der Waals surface area (Å²) in [4.78, 5) is 22.2. The van der Waals surface area contributed by atoms with E-state index in [4.69, 9.17) is 0 Å². The normalized spacial score (nSPS) is 21.0. The van der Waals surface area contributed by atoms with Gasteiger partial charge in [-0.3, -0.25) is 9.58 Å². The third-order valence-corrected chi connectivity index (χ3v) is 5.65. The fourth-order valence-electron chi connectivity index (χ4n) is 3.73. The summed E-state index contributed by atoms with van der Waals surface area (Å²) < 4.78 is 79.0. The Balaban J connectivity index is 1.47. The average Bonchev–Trinajstić information content (AvgIpc) is 3.25. The molecular formula is C21H20F6N6O2. The lowest BCUT2D eigenvalue weighted by Crippen LogP contribution is -2.54. The molecule has 3 heterocycles. The van der Waals surface area contributed by atoms with E-state index in [0.29, 0.717) is 17.2 Å². The summed E-state index contributed by atoms with van der Waals surface area (Å²) in [6, 6.07) is 3.31. The summed E-state index contributed by atoms with van der Waals surface area (Å²) in [7, 11) is 0. The van der Waals surface area contributed by atoms with E-state index >= 15 is 0 Å². The first-order valence-corrected chi connectivity index (χ1v) is 10.4. The number of hydrazine groups is 1. The monoisotopic (exact) mass is 502 g/mol. The van der Waals surface area contributed by atoms with Crippen LogP contribution in [-0.4, -0.2) is 62.0 Å². The molecule has 2 N–H and O–H groups in total. The minimum absolute atomic E-state index is 0.0172. The second-order valence-corrected chi connectivity index (χ2v) is 8.05. The van der Waals surface area contributed by atoms with E-state index in [9.17, 15) is 36.2 Å². The van der Waals surface area contributed by atoms with Crippen LogP contribution in [0.4, 0.5) is 32.3 Å². The van der Waals surface area contributed by atoms with Crippen molar-refractivity contribution in [1.82, 2.24) is 25.0 Å². The second kappa shape index (κ2) is 9.00. The minimum Gasteiger partial charge on any atom is -0.387 e. The molecule has 0 fully saturated rings. The lowest BCUT2D eigenvalue weighted by molar-refractivity contribution is -0.289. The summed E-state index contributed by atoms with van der Waals surface area (Å²) in [5.41, 5.74) is 2.43. The molecule has 2 aliphatic rings. The van der Waals surface area contributed by atoms with Crippen molar-refractivity contribution < 1.29 is 31.4 Å². The molecule has 1 unspecified atom stereocenters.